The van der Waals surface area contributed by atoms with Crippen LogP contribution in [-0.2, 0) is 16.0 Å². The molecule has 0 saturated carbocycles. The quantitative estimate of drug-likeness (QED) is 0.781. The van der Waals surface area contributed by atoms with Crippen LogP contribution in [0, 0.1) is 5.92 Å². The van der Waals surface area contributed by atoms with Gasteiger partial charge in [-0.15, -0.1) is 0 Å². The van der Waals surface area contributed by atoms with Crippen LogP contribution in [-0.4, -0.2) is 30.8 Å². The second kappa shape index (κ2) is 7.01. The molecule has 0 aromatic heterocycles. The summed E-state index contributed by atoms with van der Waals surface area (Å²) in [5, 5.41) is 12.3. The fourth-order valence-corrected chi connectivity index (χ4v) is 1.77. The van der Waals surface area contributed by atoms with E-state index < -0.39 is 12.0 Å². The molecule has 0 aliphatic rings. The SMILES string of the molecule is COCCc1ccccc1NC(C(=O)O)C(C)C. The number of ether oxygens (including phenoxy) is 1. The smallest absolute Gasteiger partial charge is 0.326 e. The van der Waals surface area contributed by atoms with Gasteiger partial charge in [-0.3, -0.25) is 0 Å². The zero-order chi connectivity index (χ0) is 13.5. The molecule has 4 nitrogen and oxygen atoms in total. The Morgan fingerprint density at radius 3 is 2.61 bits per heavy atom. The number of aliphatic carboxylic acids is 1. The number of carboxylic acid groups (broad SMARTS) is 1. The number of nitrogens with one attached hydrogen (secondary N) is 1. The Balaban J connectivity index is 2.84. The number of carbonyl (C=O) groups is 1. The van der Waals surface area contributed by atoms with Gasteiger partial charge in [0.2, 0.25) is 0 Å². The summed E-state index contributed by atoms with van der Waals surface area (Å²) in [7, 11) is 1.66. The molecule has 1 aromatic rings. The van der Waals surface area contributed by atoms with E-state index in [0.717, 1.165) is 17.7 Å². The van der Waals surface area contributed by atoms with Crippen molar-refractivity contribution in [1.29, 1.82) is 0 Å². The summed E-state index contributed by atoms with van der Waals surface area (Å²) in [6, 6.07) is 7.16. The van der Waals surface area contributed by atoms with Crippen LogP contribution < -0.4 is 5.32 Å². The Hall–Kier alpha value is -1.55. The highest BCUT2D eigenvalue weighted by Crippen LogP contribution is 2.19. The van der Waals surface area contributed by atoms with Gasteiger partial charge in [-0.2, -0.15) is 0 Å². The second-order valence-electron chi connectivity index (χ2n) is 4.60. The topological polar surface area (TPSA) is 58.6 Å². The standard InChI is InChI=1S/C14H21NO3/c1-10(2)13(14(16)17)15-12-7-5-4-6-11(12)8-9-18-3/h4-7,10,13,15H,8-9H2,1-3H3,(H,16,17). The normalized spacial score (nSPS) is 12.4. The van der Waals surface area contributed by atoms with E-state index in [1.165, 1.54) is 0 Å². The van der Waals surface area contributed by atoms with E-state index in [1.54, 1.807) is 7.11 Å². The first kappa shape index (κ1) is 14.5. The van der Waals surface area contributed by atoms with Crippen LogP contribution in [0.25, 0.3) is 0 Å². The number of methoxy groups -OCH3 is 1. The molecule has 1 aromatic carbocycles. The lowest BCUT2D eigenvalue weighted by atomic mass is 10.0. The molecule has 0 amide bonds. The van der Waals surface area contributed by atoms with E-state index in [0.29, 0.717) is 6.61 Å². The number of anilines is 1. The Morgan fingerprint density at radius 2 is 2.06 bits per heavy atom. The summed E-state index contributed by atoms with van der Waals surface area (Å²) in [4.78, 5) is 11.2. The lowest BCUT2D eigenvalue weighted by molar-refractivity contribution is -0.138. The zero-order valence-electron chi connectivity index (χ0n) is 11.1. The van der Waals surface area contributed by atoms with Crippen LogP contribution in [0.15, 0.2) is 24.3 Å². The van der Waals surface area contributed by atoms with Gasteiger partial charge >= 0.3 is 5.97 Å². The molecule has 2 N–H and O–H groups in total. The zero-order valence-corrected chi connectivity index (χ0v) is 11.1. The first-order valence-electron chi connectivity index (χ1n) is 6.12. The summed E-state index contributed by atoms with van der Waals surface area (Å²) in [6.45, 7) is 4.41. The third-order valence-corrected chi connectivity index (χ3v) is 2.84. The molecule has 100 valence electrons. The molecule has 0 aliphatic carbocycles. The van der Waals surface area contributed by atoms with Gasteiger partial charge in [0.25, 0.3) is 0 Å². The van der Waals surface area contributed by atoms with Crippen molar-refractivity contribution in [2.75, 3.05) is 19.0 Å². The van der Waals surface area contributed by atoms with Crippen LogP contribution in [0.5, 0.6) is 0 Å². The molecule has 1 unspecified atom stereocenters. The van der Waals surface area contributed by atoms with E-state index in [4.69, 9.17) is 4.74 Å². The molecule has 0 fully saturated rings. The Labute approximate surface area is 108 Å². The van der Waals surface area contributed by atoms with Crippen molar-refractivity contribution in [2.24, 2.45) is 5.92 Å². The Morgan fingerprint density at radius 1 is 1.39 bits per heavy atom. The molecule has 0 radical (unpaired) electrons. The minimum absolute atomic E-state index is 0.0259. The summed E-state index contributed by atoms with van der Waals surface area (Å²) in [5.74, 6) is -0.801. The highest BCUT2D eigenvalue weighted by molar-refractivity contribution is 5.78. The van der Waals surface area contributed by atoms with Crippen LogP contribution in [0.3, 0.4) is 0 Å². The maximum atomic E-state index is 11.2. The van der Waals surface area contributed by atoms with E-state index in [9.17, 15) is 9.90 Å². The van der Waals surface area contributed by atoms with Crippen molar-refractivity contribution >= 4 is 11.7 Å². The van der Waals surface area contributed by atoms with Gasteiger partial charge < -0.3 is 15.2 Å². The van der Waals surface area contributed by atoms with Gasteiger partial charge in [0, 0.05) is 12.8 Å². The maximum Gasteiger partial charge on any atom is 0.326 e. The van der Waals surface area contributed by atoms with E-state index in [2.05, 4.69) is 5.32 Å². The minimum atomic E-state index is -0.827. The summed E-state index contributed by atoms with van der Waals surface area (Å²) in [5.41, 5.74) is 1.95. The average Bonchev–Trinajstić information content (AvgIpc) is 2.33. The van der Waals surface area contributed by atoms with Gasteiger partial charge in [-0.1, -0.05) is 32.0 Å². The van der Waals surface area contributed by atoms with Gasteiger partial charge in [0.15, 0.2) is 0 Å². The molecule has 1 rings (SSSR count). The molecular weight excluding hydrogens is 230 g/mol. The van der Waals surface area contributed by atoms with Crippen LogP contribution >= 0.6 is 0 Å². The summed E-state index contributed by atoms with van der Waals surface area (Å²) < 4.78 is 5.06. The molecule has 0 aliphatic heterocycles. The van der Waals surface area contributed by atoms with Gasteiger partial charge in [-0.05, 0) is 24.0 Å². The lowest BCUT2D eigenvalue weighted by Crippen LogP contribution is -2.34. The lowest BCUT2D eigenvalue weighted by Gasteiger charge is -2.21. The number of hydrogen-bond acceptors (Lipinski definition) is 3. The Bertz CT molecular complexity index is 390. The van der Waals surface area contributed by atoms with Crippen LogP contribution in [0.1, 0.15) is 19.4 Å². The van der Waals surface area contributed by atoms with Gasteiger partial charge in [0.1, 0.15) is 6.04 Å². The molecular formula is C14H21NO3. The van der Waals surface area contributed by atoms with Gasteiger partial charge in [0.05, 0.1) is 6.61 Å². The largest absolute Gasteiger partial charge is 0.480 e. The predicted octanol–water partition coefficient (Wildman–Crippen LogP) is 2.40. The average molecular weight is 251 g/mol. The molecule has 0 bridgehead atoms. The molecule has 4 heteroatoms. The fraction of sp³-hybridized carbons (Fsp3) is 0.500. The van der Waals surface area contributed by atoms with Crippen molar-refractivity contribution in [3.63, 3.8) is 0 Å². The molecule has 18 heavy (non-hydrogen) atoms. The number of para-hydroxylation sites is 1. The first-order chi connectivity index (χ1) is 8.56. The Kier molecular flexibility index (Phi) is 5.65. The second-order valence-corrected chi connectivity index (χ2v) is 4.60. The highest BCUT2D eigenvalue weighted by Gasteiger charge is 2.21. The monoisotopic (exact) mass is 251 g/mol. The van der Waals surface area contributed by atoms with E-state index >= 15 is 0 Å². The maximum absolute atomic E-state index is 11.2. The highest BCUT2D eigenvalue weighted by atomic mass is 16.5. The molecule has 0 spiro atoms. The first-order valence-corrected chi connectivity index (χ1v) is 6.12. The van der Waals surface area contributed by atoms with E-state index in [1.807, 2.05) is 38.1 Å². The minimum Gasteiger partial charge on any atom is -0.480 e. The third kappa shape index (κ3) is 4.04. The van der Waals surface area contributed by atoms with Crippen LogP contribution in [0.2, 0.25) is 0 Å². The molecule has 0 heterocycles. The van der Waals surface area contributed by atoms with Crippen molar-refractivity contribution < 1.29 is 14.6 Å². The van der Waals surface area contributed by atoms with Crippen molar-refractivity contribution in [3.8, 4) is 0 Å². The summed E-state index contributed by atoms with van der Waals surface area (Å²) >= 11 is 0. The number of rotatable bonds is 7. The molecule has 1 atom stereocenters. The number of carboxylic acids is 1. The number of benzene rings is 1. The van der Waals surface area contributed by atoms with E-state index in [-0.39, 0.29) is 5.92 Å². The molecule has 0 saturated heterocycles. The predicted molar refractivity (Wildman–Crippen MR) is 71.9 cm³/mol. The van der Waals surface area contributed by atoms with Crippen LogP contribution in [0.4, 0.5) is 5.69 Å². The van der Waals surface area contributed by atoms with Gasteiger partial charge in [-0.25, -0.2) is 4.79 Å². The third-order valence-electron chi connectivity index (χ3n) is 2.84. The van der Waals surface area contributed by atoms with Crippen molar-refractivity contribution in [3.05, 3.63) is 29.8 Å². The summed E-state index contributed by atoms with van der Waals surface area (Å²) in [6.07, 6.45) is 0.768. The fourth-order valence-electron chi connectivity index (χ4n) is 1.77. The number of hydrogen-bond donors (Lipinski definition) is 2. The van der Waals surface area contributed by atoms with Crippen molar-refractivity contribution in [1.82, 2.24) is 0 Å². The van der Waals surface area contributed by atoms with Crippen molar-refractivity contribution in [2.45, 2.75) is 26.3 Å².